The highest BCUT2D eigenvalue weighted by molar-refractivity contribution is 6.30. The summed E-state index contributed by atoms with van der Waals surface area (Å²) in [7, 11) is 1.69. The van der Waals surface area contributed by atoms with E-state index >= 15 is 0 Å². The molecule has 1 aromatic carbocycles. The van der Waals surface area contributed by atoms with E-state index in [9.17, 15) is 4.39 Å². The summed E-state index contributed by atoms with van der Waals surface area (Å²) in [6, 6.07) is 5.17. The topological polar surface area (TPSA) is 30.3 Å². The van der Waals surface area contributed by atoms with E-state index in [0.29, 0.717) is 13.2 Å². The zero-order valence-electron chi connectivity index (χ0n) is 12.7. The molecule has 1 aromatic heterocycles. The van der Waals surface area contributed by atoms with Gasteiger partial charge in [-0.3, -0.25) is 4.90 Å². The first-order valence-corrected chi connectivity index (χ1v) is 7.69. The Kier molecular flexibility index (Phi) is 4.47. The van der Waals surface area contributed by atoms with Crippen LogP contribution in [0, 0.1) is 5.82 Å². The molecule has 3 rings (SSSR count). The van der Waals surface area contributed by atoms with Crippen LogP contribution in [-0.4, -0.2) is 28.1 Å². The van der Waals surface area contributed by atoms with Crippen LogP contribution in [0.2, 0.25) is 5.02 Å². The van der Waals surface area contributed by atoms with Gasteiger partial charge in [0.25, 0.3) is 0 Å². The number of rotatable bonds is 4. The Morgan fingerprint density at radius 2 is 2.23 bits per heavy atom. The maximum Gasteiger partial charge on any atom is 0.142 e. The second-order valence-electron chi connectivity index (χ2n) is 5.59. The molecular weight excluding hydrogens is 305 g/mol. The second kappa shape index (κ2) is 6.36. The van der Waals surface area contributed by atoms with Crippen LogP contribution in [0.15, 0.2) is 24.4 Å². The average molecular weight is 324 g/mol. The number of hydrogen-bond acceptors (Lipinski definition) is 3. The molecule has 6 heteroatoms. The lowest BCUT2D eigenvalue weighted by Gasteiger charge is -2.34. The number of halogens is 2. The highest BCUT2D eigenvalue weighted by Gasteiger charge is 2.27. The monoisotopic (exact) mass is 323 g/mol. The van der Waals surface area contributed by atoms with E-state index in [1.165, 1.54) is 6.07 Å². The van der Waals surface area contributed by atoms with Crippen molar-refractivity contribution in [2.75, 3.05) is 13.7 Å². The summed E-state index contributed by atoms with van der Waals surface area (Å²) in [5, 5.41) is 0.162. The van der Waals surface area contributed by atoms with Gasteiger partial charge in [0.1, 0.15) is 11.6 Å². The number of benzene rings is 1. The zero-order chi connectivity index (χ0) is 15.7. The number of ether oxygens (including phenoxy) is 1. The van der Waals surface area contributed by atoms with Gasteiger partial charge in [0.2, 0.25) is 0 Å². The normalized spacial score (nSPS) is 18.5. The zero-order valence-corrected chi connectivity index (χ0v) is 13.5. The average Bonchev–Trinajstić information content (AvgIpc) is 2.90. The minimum atomic E-state index is -0.368. The molecule has 0 bridgehead atoms. The second-order valence-corrected chi connectivity index (χ2v) is 5.99. The van der Waals surface area contributed by atoms with Crippen molar-refractivity contribution in [2.24, 2.45) is 0 Å². The van der Waals surface area contributed by atoms with Gasteiger partial charge in [-0.05, 0) is 24.6 Å². The van der Waals surface area contributed by atoms with Crippen LogP contribution in [0.5, 0.6) is 0 Å². The summed E-state index contributed by atoms with van der Waals surface area (Å²) in [5.41, 5.74) is 2.02. The fourth-order valence-electron chi connectivity index (χ4n) is 2.96. The highest BCUT2D eigenvalue weighted by Crippen LogP contribution is 2.27. The van der Waals surface area contributed by atoms with E-state index in [4.69, 9.17) is 16.3 Å². The van der Waals surface area contributed by atoms with Crippen molar-refractivity contribution in [1.82, 2.24) is 14.5 Å². The van der Waals surface area contributed by atoms with Crippen molar-refractivity contribution in [1.29, 1.82) is 0 Å². The number of hydrogen-bond donors (Lipinski definition) is 0. The summed E-state index contributed by atoms with van der Waals surface area (Å²) in [6.45, 7) is 5.14. The largest absolute Gasteiger partial charge is 0.378 e. The van der Waals surface area contributed by atoms with Gasteiger partial charge in [-0.25, -0.2) is 9.37 Å². The molecule has 22 heavy (non-hydrogen) atoms. The Morgan fingerprint density at radius 1 is 1.41 bits per heavy atom. The van der Waals surface area contributed by atoms with E-state index in [2.05, 4.69) is 21.4 Å². The predicted octanol–water partition coefficient (Wildman–Crippen LogP) is 3.40. The third kappa shape index (κ3) is 2.89. The Bertz CT molecular complexity index is 673. The Labute approximate surface area is 134 Å². The summed E-state index contributed by atoms with van der Waals surface area (Å²) in [6.07, 6.45) is 1.88. The van der Waals surface area contributed by atoms with E-state index in [-0.39, 0.29) is 16.9 Å². The Hall–Kier alpha value is -1.43. The van der Waals surface area contributed by atoms with E-state index < -0.39 is 0 Å². The maximum atomic E-state index is 13.6. The standard InChI is InChI=1S/C16H19ClFN3O/c1-11-16-19-8-13(10-22-2)21(16)6-5-20(11)9-12-3-4-14(17)15(18)7-12/h3-4,7-8,11H,5-6,9-10H2,1-2H3/t11-/m1/s1. The molecule has 1 aliphatic rings. The fraction of sp³-hybridized carbons (Fsp3) is 0.438. The van der Waals surface area contributed by atoms with Crippen LogP contribution >= 0.6 is 11.6 Å². The van der Waals surface area contributed by atoms with E-state index in [0.717, 1.165) is 30.2 Å². The third-order valence-electron chi connectivity index (χ3n) is 4.16. The Balaban J connectivity index is 1.77. The summed E-state index contributed by atoms with van der Waals surface area (Å²) < 4.78 is 21.0. The van der Waals surface area contributed by atoms with Crippen molar-refractivity contribution < 1.29 is 9.13 Å². The predicted molar refractivity (Wildman–Crippen MR) is 83.2 cm³/mol. The molecular formula is C16H19ClFN3O. The van der Waals surface area contributed by atoms with E-state index in [1.54, 1.807) is 13.2 Å². The summed E-state index contributed by atoms with van der Waals surface area (Å²) in [4.78, 5) is 6.82. The van der Waals surface area contributed by atoms with Crippen molar-refractivity contribution in [3.63, 3.8) is 0 Å². The molecule has 0 saturated carbocycles. The molecule has 0 aliphatic carbocycles. The first-order chi connectivity index (χ1) is 10.6. The first-order valence-electron chi connectivity index (χ1n) is 7.31. The molecule has 0 amide bonds. The number of fused-ring (bicyclic) bond motifs is 1. The molecule has 0 saturated heterocycles. The minimum absolute atomic E-state index is 0.162. The van der Waals surface area contributed by atoms with Gasteiger partial charge < -0.3 is 9.30 Å². The first kappa shape index (κ1) is 15.5. The molecule has 1 atom stereocenters. The van der Waals surface area contributed by atoms with Gasteiger partial charge >= 0.3 is 0 Å². The number of nitrogens with zero attached hydrogens (tertiary/aromatic N) is 3. The number of imidazole rings is 1. The molecule has 4 nitrogen and oxygen atoms in total. The van der Waals surface area contributed by atoms with Gasteiger partial charge in [-0.2, -0.15) is 0 Å². The smallest absolute Gasteiger partial charge is 0.142 e. The van der Waals surface area contributed by atoms with Crippen LogP contribution in [0.3, 0.4) is 0 Å². The highest BCUT2D eigenvalue weighted by atomic mass is 35.5. The van der Waals surface area contributed by atoms with Crippen molar-refractivity contribution >= 4 is 11.6 Å². The van der Waals surface area contributed by atoms with Crippen molar-refractivity contribution in [3.05, 3.63) is 52.3 Å². The third-order valence-corrected chi connectivity index (χ3v) is 4.47. The van der Waals surface area contributed by atoms with Crippen molar-refractivity contribution in [2.45, 2.75) is 32.7 Å². The Morgan fingerprint density at radius 3 is 2.95 bits per heavy atom. The van der Waals surface area contributed by atoms with Gasteiger partial charge in [-0.15, -0.1) is 0 Å². The lowest BCUT2D eigenvalue weighted by molar-refractivity contribution is 0.143. The van der Waals surface area contributed by atoms with E-state index in [1.807, 2.05) is 12.3 Å². The molecule has 2 heterocycles. The molecule has 1 aliphatic heterocycles. The van der Waals surface area contributed by atoms with Crippen LogP contribution < -0.4 is 0 Å². The van der Waals surface area contributed by atoms with Crippen molar-refractivity contribution in [3.8, 4) is 0 Å². The molecule has 0 N–H and O–H groups in total. The lowest BCUT2D eigenvalue weighted by Crippen LogP contribution is -2.37. The van der Waals surface area contributed by atoms with Crippen LogP contribution in [0.1, 0.15) is 30.0 Å². The molecule has 118 valence electrons. The van der Waals surface area contributed by atoms with Gasteiger partial charge in [0.15, 0.2) is 0 Å². The lowest BCUT2D eigenvalue weighted by atomic mass is 10.1. The maximum absolute atomic E-state index is 13.6. The summed E-state index contributed by atoms with van der Waals surface area (Å²) >= 11 is 5.74. The fourth-order valence-corrected chi connectivity index (χ4v) is 3.07. The molecule has 0 fully saturated rings. The number of methoxy groups -OCH3 is 1. The van der Waals surface area contributed by atoms with Gasteiger partial charge in [0, 0.05) is 26.7 Å². The minimum Gasteiger partial charge on any atom is -0.378 e. The number of aromatic nitrogens is 2. The SMILES string of the molecule is COCc1cnc2n1CCN(Cc1ccc(Cl)c(F)c1)[C@@H]2C. The molecule has 0 spiro atoms. The molecule has 0 unspecified atom stereocenters. The van der Waals surface area contributed by atoms with Gasteiger partial charge in [0.05, 0.1) is 29.6 Å². The van der Waals surface area contributed by atoms with Crippen LogP contribution in [0.4, 0.5) is 4.39 Å². The van der Waals surface area contributed by atoms with Gasteiger partial charge in [-0.1, -0.05) is 17.7 Å². The molecule has 2 aromatic rings. The molecule has 0 radical (unpaired) electrons. The van der Waals surface area contributed by atoms with Crippen LogP contribution in [0.25, 0.3) is 0 Å². The quantitative estimate of drug-likeness (QED) is 0.864. The van der Waals surface area contributed by atoms with Crippen LogP contribution in [-0.2, 0) is 24.4 Å². The summed E-state index contributed by atoms with van der Waals surface area (Å²) in [5.74, 6) is 0.667.